The SMILES string of the molecule is CCCCCCNCC(C)(C)CCCO. The molecule has 0 saturated carbocycles. The van der Waals surface area contributed by atoms with Gasteiger partial charge < -0.3 is 10.4 Å². The molecule has 0 fully saturated rings. The molecule has 2 nitrogen and oxygen atoms in total. The summed E-state index contributed by atoms with van der Waals surface area (Å²) in [6.07, 6.45) is 7.33. The maximum atomic E-state index is 8.78. The fourth-order valence-electron chi connectivity index (χ4n) is 1.75. The van der Waals surface area contributed by atoms with Crippen LogP contribution < -0.4 is 5.32 Å². The summed E-state index contributed by atoms with van der Waals surface area (Å²) in [5.74, 6) is 0. The summed E-state index contributed by atoms with van der Waals surface area (Å²) >= 11 is 0. The third-order valence-electron chi connectivity index (χ3n) is 2.82. The summed E-state index contributed by atoms with van der Waals surface area (Å²) in [6.45, 7) is 9.30. The molecule has 0 rings (SSSR count). The second kappa shape index (κ2) is 9.17. The van der Waals surface area contributed by atoms with E-state index in [9.17, 15) is 0 Å². The van der Waals surface area contributed by atoms with Gasteiger partial charge in [0.2, 0.25) is 0 Å². The lowest BCUT2D eigenvalue weighted by molar-refractivity contribution is 0.236. The van der Waals surface area contributed by atoms with E-state index in [0.717, 1.165) is 25.9 Å². The van der Waals surface area contributed by atoms with E-state index >= 15 is 0 Å². The molecule has 0 atom stereocenters. The Hall–Kier alpha value is -0.0800. The van der Waals surface area contributed by atoms with E-state index in [4.69, 9.17) is 5.11 Å². The Labute approximate surface area is 95.5 Å². The molecule has 0 heterocycles. The first-order valence-corrected chi connectivity index (χ1v) is 6.44. The van der Waals surface area contributed by atoms with Crippen molar-refractivity contribution in [3.05, 3.63) is 0 Å². The van der Waals surface area contributed by atoms with E-state index in [1.165, 1.54) is 25.7 Å². The fraction of sp³-hybridized carbons (Fsp3) is 1.00. The summed E-state index contributed by atoms with van der Waals surface area (Å²) in [5.41, 5.74) is 0.327. The maximum Gasteiger partial charge on any atom is 0.0431 e. The molecule has 0 unspecified atom stereocenters. The first-order chi connectivity index (χ1) is 7.12. The molecule has 0 aliphatic rings. The van der Waals surface area contributed by atoms with Gasteiger partial charge in [0.25, 0.3) is 0 Å². The topological polar surface area (TPSA) is 32.3 Å². The first-order valence-electron chi connectivity index (χ1n) is 6.44. The molecule has 0 aromatic carbocycles. The Morgan fingerprint density at radius 1 is 1.07 bits per heavy atom. The molecule has 2 N–H and O–H groups in total. The third kappa shape index (κ3) is 10.2. The van der Waals surface area contributed by atoms with Crippen LogP contribution in [0, 0.1) is 5.41 Å². The predicted molar refractivity (Wildman–Crippen MR) is 67.1 cm³/mol. The lowest BCUT2D eigenvalue weighted by atomic mass is 9.88. The number of hydrogen-bond acceptors (Lipinski definition) is 2. The molecular formula is C13H29NO. The number of nitrogens with one attached hydrogen (secondary N) is 1. The van der Waals surface area contributed by atoms with E-state index in [1.54, 1.807) is 0 Å². The van der Waals surface area contributed by atoms with Crippen molar-refractivity contribution in [2.75, 3.05) is 19.7 Å². The minimum atomic E-state index is 0.319. The molecule has 15 heavy (non-hydrogen) atoms. The van der Waals surface area contributed by atoms with Crippen molar-refractivity contribution in [2.45, 2.75) is 59.3 Å². The van der Waals surface area contributed by atoms with Crippen molar-refractivity contribution in [3.63, 3.8) is 0 Å². The Bertz CT molecular complexity index is 134. The van der Waals surface area contributed by atoms with Gasteiger partial charge in [-0.1, -0.05) is 40.0 Å². The van der Waals surface area contributed by atoms with Gasteiger partial charge in [-0.2, -0.15) is 0 Å². The predicted octanol–water partition coefficient (Wildman–Crippen LogP) is 2.96. The molecule has 0 aliphatic heterocycles. The zero-order chi connectivity index (χ0) is 11.6. The van der Waals surface area contributed by atoms with Crippen LogP contribution in [0.25, 0.3) is 0 Å². The third-order valence-corrected chi connectivity index (χ3v) is 2.82. The molecule has 0 aromatic rings. The highest BCUT2D eigenvalue weighted by molar-refractivity contribution is 4.71. The zero-order valence-electron chi connectivity index (χ0n) is 10.8. The molecule has 0 aliphatic carbocycles. The van der Waals surface area contributed by atoms with E-state index in [2.05, 4.69) is 26.1 Å². The molecule has 92 valence electrons. The Balaban J connectivity index is 3.32. The van der Waals surface area contributed by atoms with Gasteiger partial charge in [-0.25, -0.2) is 0 Å². The van der Waals surface area contributed by atoms with E-state index in [0.29, 0.717) is 12.0 Å². The van der Waals surface area contributed by atoms with Crippen molar-refractivity contribution in [1.82, 2.24) is 5.32 Å². The largest absolute Gasteiger partial charge is 0.396 e. The summed E-state index contributed by atoms with van der Waals surface area (Å²) in [7, 11) is 0. The number of hydrogen-bond donors (Lipinski definition) is 2. The van der Waals surface area contributed by atoms with Gasteiger partial charge >= 0.3 is 0 Å². The molecule has 0 amide bonds. The van der Waals surface area contributed by atoms with E-state index < -0.39 is 0 Å². The molecule has 2 heteroatoms. The highest BCUT2D eigenvalue weighted by Crippen LogP contribution is 2.20. The second-order valence-electron chi connectivity index (χ2n) is 5.23. The van der Waals surface area contributed by atoms with Crippen LogP contribution in [0.2, 0.25) is 0 Å². The van der Waals surface area contributed by atoms with Crippen molar-refractivity contribution < 1.29 is 5.11 Å². The highest BCUT2D eigenvalue weighted by atomic mass is 16.2. The summed E-state index contributed by atoms with van der Waals surface area (Å²) in [6, 6.07) is 0. The van der Waals surface area contributed by atoms with Crippen LogP contribution in [0.15, 0.2) is 0 Å². The Morgan fingerprint density at radius 2 is 1.80 bits per heavy atom. The molecule has 0 radical (unpaired) electrons. The lowest BCUT2D eigenvalue weighted by Crippen LogP contribution is -2.30. The molecular weight excluding hydrogens is 186 g/mol. The minimum Gasteiger partial charge on any atom is -0.396 e. The molecule has 0 spiro atoms. The fourth-order valence-corrected chi connectivity index (χ4v) is 1.75. The average Bonchev–Trinajstić information content (AvgIpc) is 2.20. The van der Waals surface area contributed by atoms with Gasteiger partial charge in [-0.05, 0) is 31.2 Å². The van der Waals surface area contributed by atoms with Gasteiger partial charge in [0, 0.05) is 13.2 Å². The minimum absolute atomic E-state index is 0.319. The second-order valence-corrected chi connectivity index (χ2v) is 5.23. The van der Waals surface area contributed by atoms with Crippen LogP contribution in [0.1, 0.15) is 59.3 Å². The van der Waals surface area contributed by atoms with Crippen LogP contribution in [-0.4, -0.2) is 24.8 Å². The Morgan fingerprint density at radius 3 is 2.40 bits per heavy atom. The quantitative estimate of drug-likeness (QED) is 0.549. The van der Waals surface area contributed by atoms with Crippen LogP contribution >= 0.6 is 0 Å². The summed E-state index contributed by atoms with van der Waals surface area (Å²) in [4.78, 5) is 0. The smallest absolute Gasteiger partial charge is 0.0431 e. The average molecular weight is 215 g/mol. The van der Waals surface area contributed by atoms with Gasteiger partial charge in [0.05, 0.1) is 0 Å². The monoisotopic (exact) mass is 215 g/mol. The summed E-state index contributed by atoms with van der Waals surface area (Å²) in [5, 5.41) is 12.3. The first kappa shape index (κ1) is 14.9. The van der Waals surface area contributed by atoms with Crippen LogP contribution in [0.5, 0.6) is 0 Å². The number of unbranched alkanes of at least 4 members (excludes halogenated alkanes) is 3. The van der Waals surface area contributed by atoms with Crippen molar-refractivity contribution >= 4 is 0 Å². The van der Waals surface area contributed by atoms with Crippen LogP contribution in [0.3, 0.4) is 0 Å². The van der Waals surface area contributed by atoms with Gasteiger partial charge in [-0.3, -0.25) is 0 Å². The van der Waals surface area contributed by atoms with Gasteiger partial charge in [-0.15, -0.1) is 0 Å². The standard InChI is InChI=1S/C13H29NO/c1-4-5-6-7-10-14-12-13(2,3)9-8-11-15/h14-15H,4-12H2,1-3H3. The Kier molecular flexibility index (Phi) is 9.12. The molecule has 0 bridgehead atoms. The van der Waals surface area contributed by atoms with Gasteiger partial charge in [0.15, 0.2) is 0 Å². The number of aliphatic hydroxyl groups is 1. The van der Waals surface area contributed by atoms with Crippen molar-refractivity contribution in [2.24, 2.45) is 5.41 Å². The van der Waals surface area contributed by atoms with Crippen LogP contribution in [0.4, 0.5) is 0 Å². The molecule has 0 aromatic heterocycles. The van der Waals surface area contributed by atoms with E-state index in [-0.39, 0.29) is 0 Å². The van der Waals surface area contributed by atoms with Crippen LogP contribution in [-0.2, 0) is 0 Å². The maximum absolute atomic E-state index is 8.78. The number of rotatable bonds is 10. The summed E-state index contributed by atoms with van der Waals surface area (Å²) < 4.78 is 0. The normalized spacial score (nSPS) is 12.0. The van der Waals surface area contributed by atoms with Crippen molar-refractivity contribution in [3.8, 4) is 0 Å². The lowest BCUT2D eigenvalue weighted by Gasteiger charge is -2.24. The van der Waals surface area contributed by atoms with E-state index in [1.807, 2.05) is 0 Å². The molecule has 0 saturated heterocycles. The zero-order valence-corrected chi connectivity index (χ0v) is 10.8. The van der Waals surface area contributed by atoms with Crippen molar-refractivity contribution in [1.29, 1.82) is 0 Å². The number of aliphatic hydroxyl groups excluding tert-OH is 1. The van der Waals surface area contributed by atoms with Gasteiger partial charge in [0.1, 0.15) is 0 Å². The highest BCUT2D eigenvalue weighted by Gasteiger charge is 2.15.